The van der Waals surface area contributed by atoms with Crippen LogP contribution >= 0.6 is 0 Å². The molecule has 1 unspecified atom stereocenters. The Balaban J connectivity index is 3.02. The predicted molar refractivity (Wildman–Crippen MR) is 53.2 cm³/mol. The normalized spacial score (nSPS) is 13.0. The molecule has 66 valence electrons. The zero-order chi connectivity index (χ0) is 9.14. The molecule has 0 bridgehead atoms. The molecule has 1 rings (SSSR count). The van der Waals surface area contributed by atoms with E-state index < -0.39 is 0 Å². The molecule has 0 spiro atoms. The molecule has 1 nitrogen and oxygen atoms in total. The van der Waals surface area contributed by atoms with Crippen LogP contribution in [-0.2, 0) is 6.42 Å². The standard InChI is InChI=1S/C11H17N/c1-4-10-5-6-11(9(3)12)7-8(10)2/h5-7,9H,4,12H2,1-3H3. The number of aryl methyl sites for hydroxylation is 2. The number of hydrogen-bond acceptors (Lipinski definition) is 1. The van der Waals surface area contributed by atoms with Gasteiger partial charge in [-0.2, -0.15) is 0 Å². The Morgan fingerprint density at radius 2 is 2.08 bits per heavy atom. The molecular formula is C11H17N. The molecule has 1 heteroatoms. The van der Waals surface area contributed by atoms with Crippen molar-refractivity contribution < 1.29 is 0 Å². The number of rotatable bonds is 2. The summed E-state index contributed by atoms with van der Waals surface area (Å²) in [5, 5.41) is 0. The van der Waals surface area contributed by atoms with Crippen molar-refractivity contribution in [3.8, 4) is 0 Å². The largest absolute Gasteiger partial charge is 0.324 e. The van der Waals surface area contributed by atoms with Crippen LogP contribution in [0.3, 0.4) is 0 Å². The van der Waals surface area contributed by atoms with E-state index in [1.54, 1.807) is 0 Å². The molecule has 1 aromatic carbocycles. The molecule has 1 aromatic rings. The Morgan fingerprint density at radius 1 is 1.42 bits per heavy atom. The number of hydrogen-bond donors (Lipinski definition) is 1. The van der Waals surface area contributed by atoms with Crippen LogP contribution in [0.5, 0.6) is 0 Å². The molecule has 0 saturated heterocycles. The van der Waals surface area contributed by atoms with Crippen LogP contribution in [0.2, 0.25) is 0 Å². The van der Waals surface area contributed by atoms with E-state index in [2.05, 4.69) is 32.0 Å². The second kappa shape index (κ2) is 3.72. The first kappa shape index (κ1) is 9.27. The van der Waals surface area contributed by atoms with E-state index in [1.807, 2.05) is 6.92 Å². The minimum atomic E-state index is 0.148. The molecule has 0 aliphatic heterocycles. The van der Waals surface area contributed by atoms with Crippen LogP contribution in [0.1, 0.15) is 36.6 Å². The van der Waals surface area contributed by atoms with Crippen molar-refractivity contribution in [2.24, 2.45) is 5.73 Å². The summed E-state index contributed by atoms with van der Waals surface area (Å²) in [6.07, 6.45) is 1.10. The zero-order valence-electron chi connectivity index (χ0n) is 8.09. The monoisotopic (exact) mass is 163 g/mol. The summed E-state index contributed by atoms with van der Waals surface area (Å²) in [6, 6.07) is 6.63. The van der Waals surface area contributed by atoms with Gasteiger partial charge in [-0.25, -0.2) is 0 Å². The lowest BCUT2D eigenvalue weighted by Crippen LogP contribution is -2.05. The van der Waals surface area contributed by atoms with E-state index in [0.29, 0.717) is 0 Å². The quantitative estimate of drug-likeness (QED) is 0.712. The smallest absolute Gasteiger partial charge is 0.0266 e. The topological polar surface area (TPSA) is 26.0 Å². The molecule has 0 heterocycles. The van der Waals surface area contributed by atoms with Crippen LogP contribution in [0.25, 0.3) is 0 Å². The van der Waals surface area contributed by atoms with Gasteiger partial charge in [-0.15, -0.1) is 0 Å². The van der Waals surface area contributed by atoms with Gasteiger partial charge in [0.15, 0.2) is 0 Å². The van der Waals surface area contributed by atoms with Gasteiger partial charge in [0.1, 0.15) is 0 Å². The highest BCUT2D eigenvalue weighted by atomic mass is 14.6. The zero-order valence-corrected chi connectivity index (χ0v) is 8.09. The van der Waals surface area contributed by atoms with Gasteiger partial charge in [-0.3, -0.25) is 0 Å². The fraction of sp³-hybridized carbons (Fsp3) is 0.455. The van der Waals surface area contributed by atoms with Gasteiger partial charge in [0.25, 0.3) is 0 Å². The van der Waals surface area contributed by atoms with E-state index in [-0.39, 0.29) is 6.04 Å². The first-order valence-corrected chi connectivity index (χ1v) is 4.50. The molecule has 0 aliphatic rings. The first-order valence-electron chi connectivity index (χ1n) is 4.50. The third-order valence-corrected chi connectivity index (χ3v) is 2.27. The minimum Gasteiger partial charge on any atom is -0.324 e. The average Bonchev–Trinajstić information content (AvgIpc) is 2.04. The molecule has 12 heavy (non-hydrogen) atoms. The van der Waals surface area contributed by atoms with Crippen molar-refractivity contribution in [2.75, 3.05) is 0 Å². The maximum Gasteiger partial charge on any atom is 0.0266 e. The number of benzene rings is 1. The Hall–Kier alpha value is -0.820. The van der Waals surface area contributed by atoms with Gasteiger partial charge in [0, 0.05) is 6.04 Å². The Bertz CT molecular complexity index is 264. The summed E-state index contributed by atoms with van der Waals surface area (Å²) >= 11 is 0. The molecule has 0 aliphatic carbocycles. The highest BCUT2D eigenvalue weighted by Gasteiger charge is 2.01. The minimum absolute atomic E-state index is 0.148. The lowest BCUT2D eigenvalue weighted by Gasteiger charge is -2.09. The van der Waals surface area contributed by atoms with Crippen LogP contribution in [0, 0.1) is 6.92 Å². The van der Waals surface area contributed by atoms with Crippen molar-refractivity contribution >= 4 is 0 Å². The van der Waals surface area contributed by atoms with Crippen molar-refractivity contribution in [1.29, 1.82) is 0 Å². The Kier molecular flexibility index (Phi) is 2.88. The molecule has 0 fully saturated rings. The molecule has 1 atom stereocenters. The summed E-state index contributed by atoms with van der Waals surface area (Å²) in [5.41, 5.74) is 9.77. The van der Waals surface area contributed by atoms with Gasteiger partial charge in [-0.1, -0.05) is 25.1 Å². The first-order chi connectivity index (χ1) is 5.65. The fourth-order valence-corrected chi connectivity index (χ4v) is 1.40. The van der Waals surface area contributed by atoms with Crippen molar-refractivity contribution in [3.05, 3.63) is 34.9 Å². The van der Waals surface area contributed by atoms with Gasteiger partial charge < -0.3 is 5.73 Å². The third kappa shape index (κ3) is 1.86. The Labute approximate surface area is 74.6 Å². The highest BCUT2D eigenvalue weighted by molar-refractivity contribution is 5.32. The fourth-order valence-electron chi connectivity index (χ4n) is 1.40. The second-order valence-electron chi connectivity index (χ2n) is 3.33. The Morgan fingerprint density at radius 3 is 2.50 bits per heavy atom. The van der Waals surface area contributed by atoms with Crippen LogP contribution in [-0.4, -0.2) is 0 Å². The lowest BCUT2D eigenvalue weighted by molar-refractivity contribution is 0.815. The summed E-state index contributed by atoms with van der Waals surface area (Å²) in [7, 11) is 0. The molecular weight excluding hydrogens is 146 g/mol. The molecule has 0 saturated carbocycles. The lowest BCUT2D eigenvalue weighted by atomic mass is 10.0. The molecule has 0 amide bonds. The molecule has 0 aromatic heterocycles. The van der Waals surface area contributed by atoms with Crippen molar-refractivity contribution in [2.45, 2.75) is 33.2 Å². The maximum atomic E-state index is 5.77. The number of nitrogens with two attached hydrogens (primary N) is 1. The average molecular weight is 163 g/mol. The van der Waals surface area contributed by atoms with E-state index in [4.69, 9.17) is 5.73 Å². The van der Waals surface area contributed by atoms with Gasteiger partial charge >= 0.3 is 0 Å². The van der Waals surface area contributed by atoms with Crippen LogP contribution < -0.4 is 5.73 Å². The summed E-state index contributed by atoms with van der Waals surface area (Å²) in [6.45, 7) is 6.33. The third-order valence-electron chi connectivity index (χ3n) is 2.27. The van der Waals surface area contributed by atoms with E-state index in [9.17, 15) is 0 Å². The maximum absolute atomic E-state index is 5.77. The van der Waals surface area contributed by atoms with E-state index in [0.717, 1.165) is 6.42 Å². The van der Waals surface area contributed by atoms with Gasteiger partial charge in [0.2, 0.25) is 0 Å². The van der Waals surface area contributed by atoms with E-state index >= 15 is 0 Å². The predicted octanol–water partition coefficient (Wildman–Crippen LogP) is 2.58. The highest BCUT2D eigenvalue weighted by Crippen LogP contribution is 2.15. The van der Waals surface area contributed by atoms with Gasteiger partial charge in [0.05, 0.1) is 0 Å². The SMILES string of the molecule is CCc1ccc(C(C)N)cc1C. The van der Waals surface area contributed by atoms with Gasteiger partial charge in [-0.05, 0) is 37.0 Å². The summed E-state index contributed by atoms with van der Waals surface area (Å²) in [5.74, 6) is 0. The van der Waals surface area contributed by atoms with Crippen LogP contribution in [0.4, 0.5) is 0 Å². The summed E-state index contributed by atoms with van der Waals surface area (Å²) in [4.78, 5) is 0. The van der Waals surface area contributed by atoms with E-state index in [1.165, 1.54) is 16.7 Å². The molecule has 0 radical (unpaired) electrons. The van der Waals surface area contributed by atoms with Crippen molar-refractivity contribution in [1.82, 2.24) is 0 Å². The second-order valence-corrected chi connectivity index (χ2v) is 3.33. The summed E-state index contributed by atoms with van der Waals surface area (Å²) < 4.78 is 0. The van der Waals surface area contributed by atoms with Crippen LogP contribution in [0.15, 0.2) is 18.2 Å². The molecule has 2 N–H and O–H groups in total. The van der Waals surface area contributed by atoms with Crippen molar-refractivity contribution in [3.63, 3.8) is 0 Å².